The van der Waals surface area contributed by atoms with E-state index in [1.807, 2.05) is 30.3 Å². The highest BCUT2D eigenvalue weighted by Crippen LogP contribution is 2.33. The van der Waals surface area contributed by atoms with E-state index in [4.69, 9.17) is 0 Å². The maximum absolute atomic E-state index is 11.6. The number of carbonyl (C=O) groups is 1. The number of nitrogens with one attached hydrogen (secondary N) is 1. The quantitative estimate of drug-likeness (QED) is 0.557. The molecular formula is C16H13N5O3S. The molecule has 0 unspecified atom stereocenters. The van der Waals surface area contributed by atoms with E-state index in [0.717, 1.165) is 17.4 Å². The zero-order valence-corrected chi connectivity index (χ0v) is 13.9. The molecule has 1 amide bonds. The van der Waals surface area contributed by atoms with E-state index in [2.05, 4.69) is 15.4 Å². The fourth-order valence-corrected chi connectivity index (χ4v) is 2.93. The van der Waals surface area contributed by atoms with Crippen LogP contribution in [0.4, 0.5) is 5.69 Å². The Morgan fingerprint density at radius 3 is 2.68 bits per heavy atom. The van der Waals surface area contributed by atoms with Crippen LogP contribution in [-0.2, 0) is 0 Å². The van der Waals surface area contributed by atoms with Crippen LogP contribution in [0.3, 0.4) is 0 Å². The highest BCUT2D eigenvalue weighted by molar-refractivity contribution is 7.99. The van der Waals surface area contributed by atoms with Crippen LogP contribution in [0.1, 0.15) is 10.4 Å². The van der Waals surface area contributed by atoms with Gasteiger partial charge in [0, 0.05) is 18.7 Å². The van der Waals surface area contributed by atoms with Gasteiger partial charge in [-0.1, -0.05) is 18.2 Å². The predicted molar refractivity (Wildman–Crippen MR) is 92.0 cm³/mol. The molecule has 0 aliphatic rings. The number of nitro groups is 1. The number of rotatable bonds is 5. The van der Waals surface area contributed by atoms with Crippen molar-refractivity contribution in [2.24, 2.45) is 0 Å². The van der Waals surface area contributed by atoms with Gasteiger partial charge in [0.1, 0.15) is 6.33 Å². The summed E-state index contributed by atoms with van der Waals surface area (Å²) in [5, 5.41) is 18.4. The second-order valence-corrected chi connectivity index (χ2v) is 5.94. The van der Waals surface area contributed by atoms with Crippen LogP contribution in [0.25, 0.3) is 5.69 Å². The van der Waals surface area contributed by atoms with Gasteiger partial charge in [0.15, 0.2) is 0 Å². The molecule has 0 spiro atoms. The summed E-state index contributed by atoms with van der Waals surface area (Å²) in [6.45, 7) is 0. The third-order valence-electron chi connectivity index (χ3n) is 3.34. The van der Waals surface area contributed by atoms with E-state index in [1.54, 1.807) is 11.0 Å². The lowest BCUT2D eigenvalue weighted by Gasteiger charge is -2.03. The summed E-state index contributed by atoms with van der Waals surface area (Å²) in [7, 11) is 1.47. The molecule has 126 valence electrons. The lowest BCUT2D eigenvalue weighted by Crippen LogP contribution is -2.17. The molecule has 3 aromatic rings. The molecule has 0 saturated heterocycles. The molecular weight excluding hydrogens is 342 g/mol. The van der Waals surface area contributed by atoms with E-state index in [0.29, 0.717) is 10.1 Å². The molecule has 0 aliphatic heterocycles. The van der Waals surface area contributed by atoms with E-state index in [-0.39, 0.29) is 17.2 Å². The Kier molecular flexibility index (Phi) is 4.75. The standard InChI is InChI=1S/C16H13N5O3S/c1-17-15(22)11-7-8-14(13(9-11)21(23)24)25-16-18-10-20(19-16)12-5-3-2-4-6-12/h2-10H,1H3,(H,17,22). The van der Waals surface area contributed by atoms with Crippen LogP contribution in [0.5, 0.6) is 0 Å². The summed E-state index contributed by atoms with van der Waals surface area (Å²) < 4.78 is 1.59. The monoisotopic (exact) mass is 355 g/mol. The summed E-state index contributed by atoms with van der Waals surface area (Å²) in [5.74, 6) is -0.383. The average Bonchev–Trinajstić information content (AvgIpc) is 3.10. The molecule has 2 aromatic carbocycles. The normalized spacial score (nSPS) is 10.4. The Labute approximate surface area is 147 Å². The van der Waals surface area contributed by atoms with Crippen molar-refractivity contribution in [2.45, 2.75) is 10.1 Å². The summed E-state index contributed by atoms with van der Waals surface area (Å²) in [5.41, 5.74) is 0.898. The van der Waals surface area contributed by atoms with Crippen LogP contribution < -0.4 is 5.32 Å². The molecule has 0 saturated carbocycles. The van der Waals surface area contributed by atoms with Gasteiger partial charge in [-0.15, -0.1) is 5.10 Å². The van der Waals surface area contributed by atoms with Gasteiger partial charge in [-0.3, -0.25) is 14.9 Å². The van der Waals surface area contributed by atoms with E-state index in [9.17, 15) is 14.9 Å². The Morgan fingerprint density at radius 2 is 2.00 bits per heavy atom. The van der Waals surface area contributed by atoms with Crippen molar-refractivity contribution in [2.75, 3.05) is 7.05 Å². The molecule has 1 aromatic heterocycles. The zero-order chi connectivity index (χ0) is 17.8. The van der Waals surface area contributed by atoms with Gasteiger partial charge in [-0.2, -0.15) is 0 Å². The Hall–Kier alpha value is -3.20. The molecule has 0 radical (unpaired) electrons. The largest absolute Gasteiger partial charge is 0.355 e. The van der Waals surface area contributed by atoms with Crippen molar-refractivity contribution in [3.05, 3.63) is 70.5 Å². The summed E-state index contributed by atoms with van der Waals surface area (Å²) in [6, 6.07) is 13.7. The maximum Gasteiger partial charge on any atom is 0.284 e. The van der Waals surface area contributed by atoms with Crippen LogP contribution in [0.2, 0.25) is 0 Å². The molecule has 9 heteroatoms. The first-order chi connectivity index (χ1) is 12.1. The molecule has 1 N–H and O–H groups in total. The van der Waals surface area contributed by atoms with Gasteiger partial charge in [0.05, 0.1) is 15.5 Å². The Morgan fingerprint density at radius 1 is 1.24 bits per heavy atom. The summed E-state index contributed by atoms with van der Waals surface area (Å²) >= 11 is 1.07. The number of aromatic nitrogens is 3. The first-order valence-electron chi connectivity index (χ1n) is 7.24. The number of nitrogens with zero attached hydrogens (tertiary/aromatic N) is 4. The van der Waals surface area contributed by atoms with Crippen molar-refractivity contribution in [1.82, 2.24) is 20.1 Å². The maximum atomic E-state index is 11.6. The highest BCUT2D eigenvalue weighted by atomic mass is 32.2. The van der Waals surface area contributed by atoms with Crippen molar-refractivity contribution in [1.29, 1.82) is 0 Å². The molecule has 8 nitrogen and oxygen atoms in total. The van der Waals surface area contributed by atoms with Gasteiger partial charge in [0.2, 0.25) is 5.16 Å². The van der Waals surface area contributed by atoms with Crippen LogP contribution in [0.15, 0.2) is 64.9 Å². The van der Waals surface area contributed by atoms with E-state index < -0.39 is 4.92 Å². The molecule has 0 bridgehead atoms. The van der Waals surface area contributed by atoms with Crippen LogP contribution in [-0.4, -0.2) is 32.6 Å². The molecule has 1 heterocycles. The second kappa shape index (κ2) is 7.14. The third-order valence-corrected chi connectivity index (χ3v) is 4.27. The Bertz CT molecular complexity index is 927. The topological polar surface area (TPSA) is 103 Å². The van der Waals surface area contributed by atoms with Crippen LogP contribution >= 0.6 is 11.8 Å². The van der Waals surface area contributed by atoms with Crippen molar-refractivity contribution in [3.8, 4) is 5.69 Å². The van der Waals surface area contributed by atoms with Gasteiger partial charge >= 0.3 is 0 Å². The fraction of sp³-hybridized carbons (Fsp3) is 0.0625. The number of hydrogen-bond donors (Lipinski definition) is 1. The molecule has 0 aliphatic carbocycles. The summed E-state index contributed by atoms with van der Waals surface area (Å²) in [6.07, 6.45) is 1.54. The third kappa shape index (κ3) is 3.66. The Balaban J connectivity index is 1.89. The first kappa shape index (κ1) is 16.7. The summed E-state index contributed by atoms with van der Waals surface area (Å²) in [4.78, 5) is 27.0. The molecule has 25 heavy (non-hydrogen) atoms. The number of nitro benzene ring substituents is 1. The zero-order valence-electron chi connectivity index (χ0n) is 13.1. The SMILES string of the molecule is CNC(=O)c1ccc(Sc2ncn(-c3ccccc3)n2)c([N+](=O)[O-])c1. The van der Waals surface area contributed by atoms with Crippen molar-refractivity contribution >= 4 is 23.4 Å². The van der Waals surface area contributed by atoms with Gasteiger partial charge in [-0.25, -0.2) is 9.67 Å². The number of para-hydroxylation sites is 1. The fourth-order valence-electron chi connectivity index (χ4n) is 2.13. The number of hydrogen-bond acceptors (Lipinski definition) is 6. The van der Waals surface area contributed by atoms with Gasteiger partial charge in [-0.05, 0) is 36.0 Å². The number of carbonyl (C=O) groups excluding carboxylic acids is 1. The van der Waals surface area contributed by atoms with Crippen molar-refractivity contribution in [3.63, 3.8) is 0 Å². The first-order valence-corrected chi connectivity index (χ1v) is 8.05. The molecule has 0 fully saturated rings. The van der Waals surface area contributed by atoms with Gasteiger partial charge in [0.25, 0.3) is 11.6 Å². The predicted octanol–water partition coefficient (Wildman–Crippen LogP) is 2.69. The number of benzene rings is 2. The minimum atomic E-state index is -0.525. The van der Waals surface area contributed by atoms with E-state index in [1.165, 1.54) is 25.2 Å². The van der Waals surface area contributed by atoms with E-state index >= 15 is 0 Å². The molecule has 3 rings (SSSR count). The smallest absolute Gasteiger partial charge is 0.284 e. The average molecular weight is 355 g/mol. The molecule has 0 atom stereocenters. The minimum Gasteiger partial charge on any atom is -0.355 e. The highest BCUT2D eigenvalue weighted by Gasteiger charge is 2.19. The second-order valence-electron chi connectivity index (χ2n) is 4.93. The number of amides is 1. The minimum absolute atomic E-state index is 0.165. The van der Waals surface area contributed by atoms with Gasteiger partial charge < -0.3 is 5.32 Å². The van der Waals surface area contributed by atoms with Crippen molar-refractivity contribution < 1.29 is 9.72 Å². The van der Waals surface area contributed by atoms with Crippen LogP contribution in [0, 0.1) is 10.1 Å². The lowest BCUT2D eigenvalue weighted by atomic mass is 10.2. The lowest BCUT2D eigenvalue weighted by molar-refractivity contribution is -0.387.